The summed E-state index contributed by atoms with van der Waals surface area (Å²) >= 11 is 1.57. The van der Waals surface area contributed by atoms with Crippen LogP contribution in [0.5, 0.6) is 11.5 Å². The van der Waals surface area contributed by atoms with Crippen LogP contribution < -0.4 is 20.1 Å². The maximum atomic E-state index is 10.6. The van der Waals surface area contributed by atoms with E-state index in [1.165, 1.54) is 0 Å². The highest BCUT2D eigenvalue weighted by molar-refractivity contribution is 7.08. The van der Waals surface area contributed by atoms with Crippen LogP contribution in [0.3, 0.4) is 0 Å². The molecular weight excluding hydrogens is 362 g/mol. The lowest BCUT2D eigenvalue weighted by atomic mass is 10.00. The van der Waals surface area contributed by atoms with Gasteiger partial charge in [-0.15, -0.1) is 0 Å². The zero-order valence-corrected chi connectivity index (χ0v) is 17.0. The van der Waals surface area contributed by atoms with Gasteiger partial charge in [0.2, 0.25) is 0 Å². The van der Waals surface area contributed by atoms with Crippen LogP contribution in [0.15, 0.2) is 46.1 Å². The highest BCUT2D eigenvalue weighted by atomic mass is 32.1. The fraction of sp³-hybridized carbons (Fsp3) is 0.450. The van der Waals surface area contributed by atoms with Gasteiger partial charge in [-0.25, -0.2) is 4.99 Å². The monoisotopic (exact) mass is 391 g/mol. The Hall–Kier alpha value is -2.25. The molecule has 1 unspecified atom stereocenters. The van der Waals surface area contributed by atoms with Crippen LogP contribution in [0.1, 0.15) is 25.8 Å². The van der Waals surface area contributed by atoms with E-state index in [0.717, 1.165) is 36.6 Å². The topological polar surface area (TPSA) is 75.1 Å². The van der Waals surface area contributed by atoms with Gasteiger partial charge in [-0.05, 0) is 66.9 Å². The summed E-state index contributed by atoms with van der Waals surface area (Å²) in [6.07, 6.45) is 0.831. The van der Waals surface area contributed by atoms with E-state index in [-0.39, 0.29) is 0 Å². The molecule has 27 heavy (non-hydrogen) atoms. The molecule has 0 fully saturated rings. The van der Waals surface area contributed by atoms with E-state index in [4.69, 9.17) is 9.47 Å². The highest BCUT2D eigenvalue weighted by Gasteiger charge is 2.23. The maximum Gasteiger partial charge on any atom is 0.191 e. The second kappa shape index (κ2) is 10.8. The number of aliphatic imine (C=N–C) groups is 1. The maximum absolute atomic E-state index is 10.6. The quantitative estimate of drug-likeness (QED) is 0.330. The van der Waals surface area contributed by atoms with E-state index in [1.807, 2.05) is 48.0 Å². The minimum atomic E-state index is -0.972. The van der Waals surface area contributed by atoms with Crippen LogP contribution in [-0.2, 0) is 5.60 Å². The summed E-state index contributed by atoms with van der Waals surface area (Å²) < 4.78 is 10.8. The van der Waals surface area contributed by atoms with Crippen LogP contribution in [0, 0.1) is 0 Å². The molecule has 0 spiro atoms. The Labute approximate surface area is 165 Å². The number of rotatable bonds is 10. The zero-order valence-electron chi connectivity index (χ0n) is 16.2. The van der Waals surface area contributed by atoms with Gasteiger partial charge in [0.1, 0.15) is 17.1 Å². The van der Waals surface area contributed by atoms with Crippen LogP contribution in [-0.4, -0.2) is 44.4 Å². The SMILES string of the molecule is CCNC(=NCC(C)(O)c1ccsc1)NCCCOc1ccc(OC)cc1. The predicted molar refractivity (Wildman–Crippen MR) is 111 cm³/mol. The summed E-state index contributed by atoms with van der Waals surface area (Å²) in [6, 6.07) is 9.47. The number of ether oxygens (including phenoxy) is 2. The van der Waals surface area contributed by atoms with Gasteiger partial charge in [-0.2, -0.15) is 11.3 Å². The van der Waals surface area contributed by atoms with Crippen molar-refractivity contribution in [3.05, 3.63) is 46.7 Å². The van der Waals surface area contributed by atoms with Crippen molar-refractivity contribution in [2.75, 3.05) is 33.4 Å². The van der Waals surface area contributed by atoms with Crippen LogP contribution in [0.2, 0.25) is 0 Å². The van der Waals surface area contributed by atoms with E-state index < -0.39 is 5.60 Å². The van der Waals surface area contributed by atoms with Gasteiger partial charge < -0.3 is 25.2 Å². The third kappa shape index (κ3) is 7.11. The van der Waals surface area contributed by atoms with Crippen molar-refractivity contribution in [1.82, 2.24) is 10.6 Å². The molecule has 7 heteroatoms. The van der Waals surface area contributed by atoms with Crippen LogP contribution in [0.25, 0.3) is 0 Å². The summed E-state index contributed by atoms with van der Waals surface area (Å²) in [5, 5.41) is 21.0. The lowest BCUT2D eigenvalue weighted by molar-refractivity contribution is 0.0677. The average molecular weight is 392 g/mol. The largest absolute Gasteiger partial charge is 0.497 e. The van der Waals surface area contributed by atoms with Gasteiger partial charge in [0, 0.05) is 13.1 Å². The summed E-state index contributed by atoms with van der Waals surface area (Å²) in [4.78, 5) is 4.51. The third-order valence-electron chi connectivity index (χ3n) is 3.97. The van der Waals surface area contributed by atoms with Crippen LogP contribution in [0.4, 0.5) is 0 Å². The smallest absolute Gasteiger partial charge is 0.191 e. The highest BCUT2D eigenvalue weighted by Crippen LogP contribution is 2.23. The Morgan fingerprint density at radius 3 is 2.56 bits per heavy atom. The molecule has 1 atom stereocenters. The van der Waals surface area contributed by atoms with Crippen molar-refractivity contribution in [2.24, 2.45) is 4.99 Å². The number of methoxy groups -OCH3 is 1. The summed E-state index contributed by atoms with van der Waals surface area (Å²) in [6.45, 7) is 6.18. The number of guanidine groups is 1. The molecule has 1 aromatic heterocycles. The first kappa shape index (κ1) is 21.1. The average Bonchev–Trinajstić information content (AvgIpc) is 3.22. The second-order valence-corrected chi connectivity index (χ2v) is 7.07. The molecule has 6 nitrogen and oxygen atoms in total. The third-order valence-corrected chi connectivity index (χ3v) is 4.66. The molecule has 2 aromatic rings. The molecule has 2 rings (SSSR count). The number of thiophene rings is 1. The van der Waals surface area contributed by atoms with Crippen molar-refractivity contribution >= 4 is 17.3 Å². The zero-order chi connectivity index (χ0) is 19.5. The van der Waals surface area contributed by atoms with Crippen LogP contribution >= 0.6 is 11.3 Å². The first-order valence-electron chi connectivity index (χ1n) is 9.09. The molecule has 1 heterocycles. The molecule has 0 radical (unpaired) electrons. The number of hydrogen-bond acceptors (Lipinski definition) is 5. The number of aliphatic hydroxyl groups is 1. The molecular formula is C20H29N3O3S. The Morgan fingerprint density at radius 1 is 1.19 bits per heavy atom. The van der Waals surface area contributed by atoms with Crippen molar-refractivity contribution < 1.29 is 14.6 Å². The molecule has 0 aliphatic heterocycles. The fourth-order valence-corrected chi connectivity index (χ4v) is 3.16. The normalized spacial score (nSPS) is 13.7. The number of benzene rings is 1. The molecule has 3 N–H and O–H groups in total. The fourth-order valence-electron chi connectivity index (χ4n) is 2.38. The van der Waals surface area contributed by atoms with Gasteiger partial charge in [-0.3, -0.25) is 0 Å². The number of hydrogen-bond donors (Lipinski definition) is 3. The Balaban J connectivity index is 1.74. The molecule has 0 saturated heterocycles. The molecule has 0 bridgehead atoms. The number of nitrogens with zero attached hydrogens (tertiary/aromatic N) is 1. The van der Waals surface area contributed by atoms with Gasteiger partial charge in [0.25, 0.3) is 0 Å². The molecule has 0 aliphatic carbocycles. The van der Waals surface area contributed by atoms with Gasteiger partial charge >= 0.3 is 0 Å². The van der Waals surface area contributed by atoms with Crippen molar-refractivity contribution in [2.45, 2.75) is 25.9 Å². The van der Waals surface area contributed by atoms with Gasteiger partial charge in [-0.1, -0.05) is 0 Å². The van der Waals surface area contributed by atoms with Crippen molar-refractivity contribution in [3.63, 3.8) is 0 Å². The first-order chi connectivity index (χ1) is 13.0. The number of nitrogens with one attached hydrogen (secondary N) is 2. The standard InChI is InChI=1S/C20H29N3O3S/c1-4-21-19(23-15-20(2,24)16-10-13-27-14-16)22-11-5-12-26-18-8-6-17(25-3)7-9-18/h6-10,13-14,24H,4-5,11-12,15H2,1-3H3,(H2,21,22,23). The second-order valence-electron chi connectivity index (χ2n) is 6.29. The van der Waals surface area contributed by atoms with Crippen molar-refractivity contribution in [1.29, 1.82) is 0 Å². The van der Waals surface area contributed by atoms with Crippen molar-refractivity contribution in [3.8, 4) is 11.5 Å². The van der Waals surface area contributed by atoms with E-state index in [0.29, 0.717) is 19.1 Å². The van der Waals surface area contributed by atoms with Gasteiger partial charge in [0.05, 0.1) is 20.3 Å². The first-order valence-corrected chi connectivity index (χ1v) is 10.0. The lowest BCUT2D eigenvalue weighted by Gasteiger charge is -2.21. The van der Waals surface area contributed by atoms with E-state index >= 15 is 0 Å². The Morgan fingerprint density at radius 2 is 1.93 bits per heavy atom. The summed E-state index contributed by atoms with van der Waals surface area (Å²) in [5.41, 5.74) is -0.0835. The molecule has 0 saturated carbocycles. The lowest BCUT2D eigenvalue weighted by Crippen LogP contribution is -2.39. The van der Waals surface area contributed by atoms with Gasteiger partial charge in [0.15, 0.2) is 5.96 Å². The molecule has 0 aliphatic rings. The van der Waals surface area contributed by atoms with E-state index in [1.54, 1.807) is 25.4 Å². The molecule has 1 aromatic carbocycles. The molecule has 0 amide bonds. The Bertz CT molecular complexity index is 685. The summed E-state index contributed by atoms with van der Waals surface area (Å²) in [5.74, 6) is 2.33. The minimum Gasteiger partial charge on any atom is -0.497 e. The minimum absolute atomic E-state index is 0.293. The molecule has 148 valence electrons. The Kier molecular flexibility index (Phi) is 8.42. The predicted octanol–water partition coefficient (Wildman–Crippen LogP) is 2.99. The van der Waals surface area contributed by atoms with E-state index in [2.05, 4.69) is 15.6 Å². The van der Waals surface area contributed by atoms with E-state index in [9.17, 15) is 5.11 Å². The summed E-state index contributed by atoms with van der Waals surface area (Å²) in [7, 11) is 1.64.